The summed E-state index contributed by atoms with van der Waals surface area (Å²) in [5.74, 6) is -1.75. The van der Waals surface area contributed by atoms with E-state index in [4.69, 9.17) is 9.47 Å². The maximum Gasteiger partial charge on any atom is 0.315 e. The first-order valence-corrected chi connectivity index (χ1v) is 9.54. The number of esters is 1. The van der Waals surface area contributed by atoms with E-state index in [9.17, 15) is 30.0 Å². The fourth-order valence-electron chi connectivity index (χ4n) is 3.22. The number of carbonyl (C=O) groups excluding carboxylic acids is 2. The van der Waals surface area contributed by atoms with Gasteiger partial charge in [-0.3, -0.25) is 9.59 Å². The Kier molecular flexibility index (Phi) is 6.96. The van der Waals surface area contributed by atoms with Crippen molar-refractivity contribution < 1.29 is 39.5 Å². The van der Waals surface area contributed by atoms with Crippen molar-refractivity contribution in [1.82, 2.24) is 0 Å². The van der Waals surface area contributed by atoms with E-state index in [1.165, 1.54) is 0 Å². The highest BCUT2D eigenvalue weighted by Crippen LogP contribution is 2.25. The van der Waals surface area contributed by atoms with Gasteiger partial charge in [0.05, 0.1) is 12.5 Å². The van der Waals surface area contributed by atoms with E-state index in [1.54, 1.807) is 55.5 Å². The molecule has 1 saturated heterocycles. The molecule has 0 aliphatic carbocycles. The summed E-state index contributed by atoms with van der Waals surface area (Å²) in [6, 6.07) is 15.3. The Morgan fingerprint density at radius 3 is 2.30 bits per heavy atom. The number of benzene rings is 2. The van der Waals surface area contributed by atoms with Crippen molar-refractivity contribution in [1.29, 1.82) is 0 Å². The van der Waals surface area contributed by atoms with Crippen molar-refractivity contribution >= 4 is 11.8 Å². The van der Waals surface area contributed by atoms with Crippen molar-refractivity contribution in [2.24, 2.45) is 0 Å². The van der Waals surface area contributed by atoms with Crippen LogP contribution in [0, 0.1) is 0 Å². The Bertz CT molecular complexity index is 882. The first-order valence-electron chi connectivity index (χ1n) is 9.54. The lowest BCUT2D eigenvalue weighted by molar-refractivity contribution is -0.293. The third-order valence-corrected chi connectivity index (χ3v) is 5.12. The van der Waals surface area contributed by atoms with Gasteiger partial charge in [-0.1, -0.05) is 48.5 Å². The normalized spacial score (nSPS) is 27.3. The molecule has 0 saturated carbocycles. The fraction of sp³-hybridized carbons (Fsp3) is 0.364. The molecule has 6 atom stereocenters. The summed E-state index contributed by atoms with van der Waals surface area (Å²) < 4.78 is 10.4. The molecular formula is C22H24O8. The molecule has 2 aromatic rings. The van der Waals surface area contributed by atoms with E-state index in [0.717, 1.165) is 0 Å². The number of ether oxygens (including phenoxy) is 2. The van der Waals surface area contributed by atoms with Crippen LogP contribution in [-0.2, 0) is 14.3 Å². The van der Waals surface area contributed by atoms with Crippen LogP contribution in [0.2, 0.25) is 0 Å². The van der Waals surface area contributed by atoms with Gasteiger partial charge in [-0.25, -0.2) is 0 Å². The molecule has 1 heterocycles. The molecule has 6 unspecified atom stereocenters. The Morgan fingerprint density at radius 2 is 1.63 bits per heavy atom. The zero-order valence-electron chi connectivity index (χ0n) is 16.3. The van der Waals surface area contributed by atoms with Crippen molar-refractivity contribution in [2.45, 2.75) is 43.5 Å². The Hall–Kier alpha value is -2.62. The van der Waals surface area contributed by atoms with Gasteiger partial charge in [0.1, 0.15) is 24.4 Å². The maximum atomic E-state index is 12.6. The standard InChI is InChI=1S/C22H24O8/c1-12(21(28)30-22-20(27)19(26)18(25)16(11-23)29-22)14-8-5-9-15(10-14)17(24)13-6-3-2-4-7-13/h2-10,12,16,18-20,22-23,25-27H,11H2,1H3. The van der Waals surface area contributed by atoms with Crippen LogP contribution in [0.4, 0.5) is 0 Å². The Morgan fingerprint density at radius 1 is 0.967 bits per heavy atom. The highest BCUT2D eigenvalue weighted by Gasteiger charge is 2.45. The SMILES string of the molecule is CC(C(=O)OC1OC(CO)C(O)C(O)C1O)c1cccc(C(=O)c2ccccc2)c1. The van der Waals surface area contributed by atoms with Crippen LogP contribution in [0.5, 0.6) is 0 Å². The number of hydrogen-bond donors (Lipinski definition) is 4. The van der Waals surface area contributed by atoms with Crippen molar-refractivity contribution in [3.8, 4) is 0 Å². The molecule has 1 fully saturated rings. The third kappa shape index (κ3) is 4.58. The monoisotopic (exact) mass is 416 g/mol. The summed E-state index contributed by atoms with van der Waals surface area (Å²) in [6.07, 6.45) is -7.59. The van der Waals surface area contributed by atoms with Gasteiger partial charge in [0, 0.05) is 11.1 Å². The van der Waals surface area contributed by atoms with Crippen LogP contribution in [0.3, 0.4) is 0 Å². The second-order valence-electron chi connectivity index (χ2n) is 7.18. The molecule has 0 bridgehead atoms. The van der Waals surface area contributed by atoms with Gasteiger partial charge < -0.3 is 29.9 Å². The van der Waals surface area contributed by atoms with Crippen molar-refractivity contribution in [2.75, 3.05) is 6.61 Å². The lowest BCUT2D eigenvalue weighted by Gasteiger charge is -2.39. The third-order valence-electron chi connectivity index (χ3n) is 5.12. The molecule has 8 heteroatoms. The summed E-state index contributed by atoms with van der Waals surface area (Å²) in [5.41, 5.74) is 1.45. The van der Waals surface area contributed by atoms with Crippen LogP contribution in [0.1, 0.15) is 34.3 Å². The molecule has 2 aromatic carbocycles. The summed E-state index contributed by atoms with van der Waals surface area (Å²) in [5, 5.41) is 38.9. The second-order valence-corrected chi connectivity index (χ2v) is 7.18. The number of hydrogen-bond acceptors (Lipinski definition) is 8. The van der Waals surface area contributed by atoms with Crippen LogP contribution >= 0.6 is 0 Å². The predicted molar refractivity (Wildman–Crippen MR) is 105 cm³/mol. The number of aliphatic hydroxyl groups excluding tert-OH is 4. The largest absolute Gasteiger partial charge is 0.432 e. The minimum atomic E-state index is -1.68. The average molecular weight is 416 g/mol. The zero-order valence-corrected chi connectivity index (χ0v) is 16.3. The molecule has 1 aliphatic rings. The molecule has 160 valence electrons. The Labute approximate surface area is 173 Å². The van der Waals surface area contributed by atoms with Gasteiger partial charge in [-0.05, 0) is 18.6 Å². The van der Waals surface area contributed by atoms with Crippen LogP contribution in [0.25, 0.3) is 0 Å². The molecule has 3 rings (SSSR count). The quantitative estimate of drug-likeness (QED) is 0.392. The lowest BCUT2D eigenvalue weighted by Crippen LogP contribution is -2.59. The first kappa shape index (κ1) is 22.1. The smallest absolute Gasteiger partial charge is 0.315 e. The van der Waals surface area contributed by atoms with Crippen molar-refractivity contribution in [3.05, 3.63) is 71.3 Å². The lowest BCUT2D eigenvalue weighted by atomic mass is 9.95. The topological polar surface area (TPSA) is 134 Å². The molecule has 8 nitrogen and oxygen atoms in total. The van der Waals surface area contributed by atoms with Gasteiger partial charge in [0.2, 0.25) is 6.29 Å². The highest BCUT2D eigenvalue weighted by molar-refractivity contribution is 6.09. The summed E-state index contributed by atoms with van der Waals surface area (Å²) in [7, 11) is 0. The van der Waals surface area contributed by atoms with Crippen LogP contribution < -0.4 is 0 Å². The van der Waals surface area contributed by atoms with Gasteiger partial charge in [0.15, 0.2) is 5.78 Å². The summed E-state index contributed by atoms with van der Waals surface area (Å²) in [4.78, 5) is 25.2. The van der Waals surface area contributed by atoms with Gasteiger partial charge in [-0.2, -0.15) is 0 Å². The molecule has 0 aromatic heterocycles. The fourth-order valence-corrected chi connectivity index (χ4v) is 3.22. The van der Waals surface area contributed by atoms with E-state index in [0.29, 0.717) is 16.7 Å². The van der Waals surface area contributed by atoms with Crippen LogP contribution in [-0.4, -0.2) is 69.5 Å². The van der Waals surface area contributed by atoms with Crippen molar-refractivity contribution in [3.63, 3.8) is 0 Å². The zero-order chi connectivity index (χ0) is 21.8. The summed E-state index contributed by atoms with van der Waals surface area (Å²) in [6.45, 7) is 0.941. The molecule has 0 radical (unpaired) electrons. The van der Waals surface area contributed by atoms with E-state index in [-0.39, 0.29) is 5.78 Å². The molecule has 30 heavy (non-hydrogen) atoms. The average Bonchev–Trinajstić information content (AvgIpc) is 2.79. The van der Waals surface area contributed by atoms with E-state index >= 15 is 0 Å². The highest BCUT2D eigenvalue weighted by atomic mass is 16.7. The maximum absolute atomic E-state index is 12.6. The molecule has 4 N–H and O–H groups in total. The number of rotatable bonds is 6. The van der Waals surface area contributed by atoms with E-state index in [2.05, 4.69) is 0 Å². The van der Waals surface area contributed by atoms with Gasteiger partial charge in [0.25, 0.3) is 0 Å². The predicted octanol–water partition coefficient (Wildman–Crippen LogP) is 0.364. The van der Waals surface area contributed by atoms with E-state index < -0.39 is 49.2 Å². The second kappa shape index (κ2) is 9.46. The van der Waals surface area contributed by atoms with Crippen LogP contribution in [0.15, 0.2) is 54.6 Å². The number of aliphatic hydroxyl groups is 4. The van der Waals surface area contributed by atoms with Gasteiger partial charge >= 0.3 is 5.97 Å². The molecule has 0 amide bonds. The Balaban J connectivity index is 1.73. The minimum Gasteiger partial charge on any atom is -0.432 e. The van der Waals surface area contributed by atoms with E-state index in [1.807, 2.05) is 6.07 Å². The minimum absolute atomic E-state index is 0.188. The molecule has 1 aliphatic heterocycles. The summed E-state index contributed by atoms with van der Waals surface area (Å²) >= 11 is 0. The molecular weight excluding hydrogens is 392 g/mol. The first-order chi connectivity index (χ1) is 14.3. The molecule has 0 spiro atoms. The number of ketones is 1. The number of carbonyl (C=O) groups is 2. The van der Waals surface area contributed by atoms with Gasteiger partial charge in [-0.15, -0.1) is 0 Å².